The molecule has 22 heavy (non-hydrogen) atoms. The monoisotopic (exact) mass is 355 g/mol. The molecule has 1 fully saturated rings. The van der Waals surface area contributed by atoms with Crippen LogP contribution in [0, 0.1) is 5.92 Å². The van der Waals surface area contributed by atoms with Crippen LogP contribution in [0.4, 0.5) is 13.2 Å². The van der Waals surface area contributed by atoms with Crippen molar-refractivity contribution in [2.45, 2.75) is 54.7 Å². The lowest BCUT2D eigenvalue weighted by molar-refractivity contribution is -0.0328. The summed E-state index contributed by atoms with van der Waals surface area (Å²) in [7, 11) is 0. The molecule has 1 aliphatic rings. The fraction of sp³-hybridized carbons (Fsp3) is 0.600. The van der Waals surface area contributed by atoms with Gasteiger partial charge in [0.2, 0.25) is 0 Å². The number of rotatable bonds is 4. The van der Waals surface area contributed by atoms with E-state index in [1.807, 2.05) is 0 Å². The minimum atomic E-state index is -4.29. The van der Waals surface area contributed by atoms with Crippen molar-refractivity contribution in [3.05, 3.63) is 29.8 Å². The molecule has 2 rings (SSSR count). The molecule has 7 heteroatoms. The van der Waals surface area contributed by atoms with Crippen molar-refractivity contribution in [3.63, 3.8) is 0 Å². The molecule has 1 aromatic carbocycles. The third kappa shape index (κ3) is 5.65. The molecule has 0 amide bonds. The summed E-state index contributed by atoms with van der Waals surface area (Å²) in [6.07, 6.45) is 4.72. The third-order valence-electron chi connectivity index (χ3n) is 4.00. The van der Waals surface area contributed by atoms with Crippen LogP contribution in [-0.4, -0.2) is 16.7 Å². The number of nitrogens with two attached hydrogens (primary N) is 1. The van der Waals surface area contributed by atoms with Gasteiger partial charge in [-0.25, -0.2) is 0 Å². The Kier molecular flexibility index (Phi) is 7.52. The lowest BCUT2D eigenvalue weighted by Crippen LogP contribution is -2.34. The first-order chi connectivity index (χ1) is 9.87. The van der Waals surface area contributed by atoms with Gasteiger partial charge in [-0.2, -0.15) is 13.2 Å². The average Bonchev–Trinajstić information content (AvgIpc) is 2.46. The minimum absolute atomic E-state index is 0. The lowest BCUT2D eigenvalue weighted by atomic mass is 9.81. The molecule has 126 valence electrons. The largest absolute Gasteiger partial charge is 0.446 e. The smallest absolute Gasteiger partial charge is 0.391 e. The molecular formula is C15H21ClF3NOS. The maximum absolute atomic E-state index is 12.3. The van der Waals surface area contributed by atoms with Gasteiger partial charge >= 0.3 is 5.51 Å². The Labute approximate surface area is 139 Å². The fourth-order valence-corrected chi connectivity index (χ4v) is 3.40. The van der Waals surface area contributed by atoms with E-state index in [1.165, 1.54) is 18.6 Å². The Hall–Kier alpha value is -0.430. The zero-order valence-corrected chi connectivity index (χ0v) is 13.7. The second-order valence-corrected chi connectivity index (χ2v) is 6.67. The molecule has 0 spiro atoms. The van der Waals surface area contributed by atoms with Crippen molar-refractivity contribution >= 4 is 24.2 Å². The van der Waals surface area contributed by atoms with Crippen molar-refractivity contribution in [2.24, 2.45) is 11.7 Å². The van der Waals surface area contributed by atoms with Crippen LogP contribution in [0.25, 0.3) is 0 Å². The molecule has 1 aliphatic carbocycles. The molecule has 2 nitrogen and oxygen atoms in total. The van der Waals surface area contributed by atoms with Crippen LogP contribution in [-0.2, 0) is 0 Å². The first-order valence-corrected chi connectivity index (χ1v) is 7.98. The number of alkyl halides is 3. The van der Waals surface area contributed by atoms with E-state index in [4.69, 9.17) is 5.73 Å². The van der Waals surface area contributed by atoms with Crippen LogP contribution >= 0.6 is 24.2 Å². The summed E-state index contributed by atoms with van der Waals surface area (Å²) >= 11 is -0.146. The number of hydrogen-bond acceptors (Lipinski definition) is 3. The lowest BCUT2D eigenvalue weighted by Gasteiger charge is -2.30. The van der Waals surface area contributed by atoms with E-state index in [2.05, 4.69) is 0 Å². The highest BCUT2D eigenvalue weighted by Crippen LogP contribution is 2.37. The number of aliphatic hydroxyl groups excluding tert-OH is 1. The van der Waals surface area contributed by atoms with Gasteiger partial charge in [0.15, 0.2) is 0 Å². The van der Waals surface area contributed by atoms with E-state index in [-0.39, 0.29) is 35.0 Å². The van der Waals surface area contributed by atoms with Gasteiger partial charge in [0.1, 0.15) is 0 Å². The molecule has 3 N–H and O–H groups in total. The highest BCUT2D eigenvalue weighted by molar-refractivity contribution is 8.00. The fourth-order valence-electron chi connectivity index (χ4n) is 2.86. The molecule has 0 unspecified atom stereocenters. The van der Waals surface area contributed by atoms with Gasteiger partial charge in [-0.3, -0.25) is 0 Å². The normalized spacial score (nSPS) is 19.3. The number of benzene rings is 1. The molecule has 2 atom stereocenters. The molecule has 0 bridgehead atoms. The van der Waals surface area contributed by atoms with Crippen molar-refractivity contribution in [3.8, 4) is 0 Å². The Balaban J connectivity index is 0.00000242. The zero-order chi connectivity index (χ0) is 15.5. The highest BCUT2D eigenvalue weighted by atomic mass is 35.5. The average molecular weight is 356 g/mol. The molecule has 1 saturated carbocycles. The summed E-state index contributed by atoms with van der Waals surface area (Å²) in [5, 5.41) is 10.3. The van der Waals surface area contributed by atoms with Gasteiger partial charge in [0.25, 0.3) is 0 Å². The Morgan fingerprint density at radius 2 is 1.64 bits per heavy atom. The number of aliphatic hydroxyl groups is 1. The molecule has 0 heterocycles. The number of halogens is 4. The number of hydrogen-bond donors (Lipinski definition) is 2. The van der Waals surface area contributed by atoms with Crippen molar-refractivity contribution < 1.29 is 18.3 Å². The van der Waals surface area contributed by atoms with Crippen LogP contribution in [0.3, 0.4) is 0 Å². The van der Waals surface area contributed by atoms with Crippen LogP contribution in [0.15, 0.2) is 29.2 Å². The summed E-state index contributed by atoms with van der Waals surface area (Å²) in [6, 6.07) is 5.41. The van der Waals surface area contributed by atoms with Gasteiger partial charge < -0.3 is 10.8 Å². The van der Waals surface area contributed by atoms with Gasteiger partial charge in [0, 0.05) is 4.90 Å². The van der Waals surface area contributed by atoms with Gasteiger partial charge in [-0.15, -0.1) is 12.4 Å². The quantitative estimate of drug-likeness (QED) is 0.772. The maximum Gasteiger partial charge on any atom is 0.446 e. The van der Waals surface area contributed by atoms with Gasteiger partial charge in [-0.1, -0.05) is 31.4 Å². The van der Waals surface area contributed by atoms with E-state index in [0.29, 0.717) is 5.56 Å². The van der Waals surface area contributed by atoms with Gasteiger partial charge in [-0.05, 0) is 48.2 Å². The van der Waals surface area contributed by atoms with Crippen LogP contribution < -0.4 is 5.73 Å². The van der Waals surface area contributed by atoms with Crippen molar-refractivity contribution in [1.82, 2.24) is 0 Å². The molecular weight excluding hydrogens is 335 g/mol. The van der Waals surface area contributed by atoms with E-state index in [1.54, 1.807) is 12.1 Å². The summed E-state index contributed by atoms with van der Waals surface area (Å²) in [5.74, 6) is 0.193. The van der Waals surface area contributed by atoms with Crippen molar-refractivity contribution in [1.29, 1.82) is 0 Å². The first kappa shape index (κ1) is 19.6. The first-order valence-electron chi connectivity index (χ1n) is 7.16. The van der Waals surface area contributed by atoms with Crippen LogP contribution in [0.5, 0.6) is 0 Å². The van der Waals surface area contributed by atoms with E-state index in [9.17, 15) is 18.3 Å². The summed E-state index contributed by atoms with van der Waals surface area (Å²) in [6.45, 7) is 0. The molecule has 0 aromatic heterocycles. The molecule has 0 aliphatic heterocycles. The molecule has 0 saturated heterocycles. The van der Waals surface area contributed by atoms with Crippen LogP contribution in [0.1, 0.15) is 43.7 Å². The third-order valence-corrected chi connectivity index (χ3v) is 4.74. The summed E-state index contributed by atoms with van der Waals surface area (Å²) < 4.78 is 36.8. The topological polar surface area (TPSA) is 46.2 Å². The van der Waals surface area contributed by atoms with E-state index in [0.717, 1.165) is 25.7 Å². The predicted octanol–water partition coefficient (Wildman–Crippen LogP) is 4.66. The summed E-state index contributed by atoms with van der Waals surface area (Å²) in [5.41, 5.74) is 2.46. The zero-order valence-electron chi connectivity index (χ0n) is 12.1. The Morgan fingerprint density at radius 3 is 2.14 bits per heavy atom. The van der Waals surface area contributed by atoms with Crippen LogP contribution in [0.2, 0.25) is 0 Å². The standard InChI is InChI=1S/C15H20F3NOS.ClH/c16-15(17,18)21-12-8-6-10(7-9-12)13(19)14(20)11-4-2-1-3-5-11;/h6-9,11,13-14,20H,1-5,19H2;1H/t13-,14+;/m0./s1. The van der Waals surface area contributed by atoms with E-state index >= 15 is 0 Å². The summed E-state index contributed by atoms with van der Waals surface area (Å²) in [4.78, 5) is 0.130. The van der Waals surface area contributed by atoms with Gasteiger partial charge in [0.05, 0.1) is 12.1 Å². The van der Waals surface area contributed by atoms with Crippen molar-refractivity contribution in [2.75, 3.05) is 0 Å². The SMILES string of the molecule is Cl.N[C@@H](c1ccc(SC(F)(F)F)cc1)[C@H](O)C1CCCCC1. The Morgan fingerprint density at radius 1 is 1.09 bits per heavy atom. The predicted molar refractivity (Wildman–Crippen MR) is 85.1 cm³/mol. The minimum Gasteiger partial charge on any atom is -0.391 e. The second kappa shape index (κ2) is 8.43. The molecule has 1 aromatic rings. The molecule has 0 radical (unpaired) electrons. The second-order valence-electron chi connectivity index (χ2n) is 5.53. The maximum atomic E-state index is 12.3. The number of thioether (sulfide) groups is 1. The highest BCUT2D eigenvalue weighted by Gasteiger charge is 2.30. The van der Waals surface area contributed by atoms with E-state index < -0.39 is 17.7 Å². The Bertz CT molecular complexity index is 449.